The van der Waals surface area contributed by atoms with Crippen molar-refractivity contribution >= 4 is 0 Å². The first-order chi connectivity index (χ1) is 5.64. The molecule has 0 aliphatic heterocycles. The maximum Gasteiger partial charge on any atom is 0.00671 e. The van der Waals surface area contributed by atoms with Crippen molar-refractivity contribution in [3.05, 3.63) is 0 Å². The van der Waals surface area contributed by atoms with E-state index in [0.29, 0.717) is 11.5 Å². The van der Waals surface area contributed by atoms with Gasteiger partial charge in [0.2, 0.25) is 0 Å². The van der Waals surface area contributed by atoms with Crippen LogP contribution in [-0.2, 0) is 0 Å². The van der Waals surface area contributed by atoms with Crippen LogP contribution in [0.15, 0.2) is 0 Å². The van der Waals surface area contributed by atoms with E-state index in [4.69, 9.17) is 5.73 Å². The maximum absolute atomic E-state index is 6.00. The fourth-order valence-corrected chi connectivity index (χ4v) is 2.48. The summed E-state index contributed by atoms with van der Waals surface area (Å²) in [5.41, 5.74) is 6.57. The second-order valence-electron chi connectivity index (χ2n) is 5.17. The van der Waals surface area contributed by atoms with Gasteiger partial charge in [-0.2, -0.15) is 0 Å². The van der Waals surface area contributed by atoms with Crippen LogP contribution in [0, 0.1) is 17.3 Å². The first-order valence-electron chi connectivity index (χ1n) is 5.40. The van der Waals surface area contributed by atoms with Crippen LogP contribution in [0.2, 0.25) is 0 Å². The van der Waals surface area contributed by atoms with Gasteiger partial charge in [-0.1, -0.05) is 6.92 Å². The lowest BCUT2D eigenvalue weighted by molar-refractivity contribution is 0.303. The second kappa shape index (κ2) is 2.73. The third kappa shape index (κ3) is 1.52. The molecule has 2 saturated carbocycles. The van der Waals surface area contributed by atoms with Gasteiger partial charge in [0, 0.05) is 6.04 Å². The maximum atomic E-state index is 6.00. The van der Waals surface area contributed by atoms with Crippen LogP contribution in [0.4, 0.5) is 0 Å². The third-order valence-corrected chi connectivity index (χ3v) is 4.01. The minimum absolute atomic E-state index is 0.429. The molecule has 2 atom stereocenters. The van der Waals surface area contributed by atoms with E-state index in [1.165, 1.54) is 32.1 Å². The molecule has 0 aromatic rings. The molecule has 1 heteroatoms. The van der Waals surface area contributed by atoms with Crippen molar-refractivity contribution < 1.29 is 0 Å². The van der Waals surface area contributed by atoms with Crippen molar-refractivity contribution in [2.45, 2.75) is 52.0 Å². The molecule has 2 N–H and O–H groups in total. The zero-order valence-corrected chi connectivity index (χ0v) is 8.34. The van der Waals surface area contributed by atoms with Crippen LogP contribution in [0.25, 0.3) is 0 Å². The molecule has 12 heavy (non-hydrogen) atoms. The average Bonchev–Trinajstić information content (AvgIpc) is 2.84. The molecule has 0 bridgehead atoms. The van der Waals surface area contributed by atoms with Crippen molar-refractivity contribution in [3.63, 3.8) is 0 Å². The molecular formula is C11H21N. The molecule has 2 aliphatic carbocycles. The minimum Gasteiger partial charge on any atom is -0.327 e. The Morgan fingerprint density at radius 1 is 1.33 bits per heavy atom. The van der Waals surface area contributed by atoms with E-state index in [9.17, 15) is 0 Å². The van der Waals surface area contributed by atoms with Crippen LogP contribution >= 0.6 is 0 Å². The molecule has 1 nitrogen and oxygen atoms in total. The van der Waals surface area contributed by atoms with Gasteiger partial charge in [0.05, 0.1) is 0 Å². The molecule has 70 valence electrons. The molecule has 0 heterocycles. The molecule has 0 spiro atoms. The Morgan fingerprint density at radius 2 is 1.92 bits per heavy atom. The highest BCUT2D eigenvalue weighted by molar-refractivity contribution is 5.01. The van der Waals surface area contributed by atoms with Crippen molar-refractivity contribution in [1.29, 1.82) is 0 Å². The van der Waals surface area contributed by atoms with Crippen molar-refractivity contribution in [3.8, 4) is 0 Å². The Morgan fingerprint density at radius 3 is 2.25 bits per heavy atom. The first kappa shape index (κ1) is 8.55. The number of hydrogen-bond acceptors (Lipinski definition) is 1. The predicted molar refractivity (Wildman–Crippen MR) is 51.8 cm³/mol. The summed E-state index contributed by atoms with van der Waals surface area (Å²) < 4.78 is 0. The van der Waals surface area contributed by atoms with Gasteiger partial charge in [-0.05, 0) is 56.3 Å². The van der Waals surface area contributed by atoms with Crippen molar-refractivity contribution in [2.24, 2.45) is 23.0 Å². The smallest absolute Gasteiger partial charge is 0.00671 e. The molecule has 0 aromatic heterocycles. The van der Waals surface area contributed by atoms with Crippen LogP contribution < -0.4 is 5.73 Å². The fourth-order valence-electron chi connectivity index (χ4n) is 2.48. The van der Waals surface area contributed by atoms with Gasteiger partial charge in [0.1, 0.15) is 0 Å². The highest BCUT2D eigenvalue weighted by Crippen LogP contribution is 2.55. The van der Waals surface area contributed by atoms with Crippen LogP contribution in [0.3, 0.4) is 0 Å². The van der Waals surface area contributed by atoms with E-state index in [0.717, 1.165) is 11.8 Å². The standard InChI is InChI=1S/C11H21N/c1-8(10-3-4-10)7-11(5-6-11)9(2)12/h8-10H,3-7,12H2,1-2H3. The summed E-state index contributed by atoms with van der Waals surface area (Å²) in [6.07, 6.45) is 7.14. The summed E-state index contributed by atoms with van der Waals surface area (Å²) in [6.45, 7) is 4.60. The molecule has 2 unspecified atom stereocenters. The normalized spacial score (nSPS) is 31.2. The van der Waals surface area contributed by atoms with Gasteiger partial charge >= 0.3 is 0 Å². The van der Waals surface area contributed by atoms with E-state index in [1.807, 2.05) is 0 Å². The van der Waals surface area contributed by atoms with Gasteiger partial charge in [0.15, 0.2) is 0 Å². The zero-order valence-electron chi connectivity index (χ0n) is 8.34. The minimum atomic E-state index is 0.429. The summed E-state index contributed by atoms with van der Waals surface area (Å²) in [6, 6.07) is 0.429. The molecule has 2 rings (SSSR count). The van der Waals surface area contributed by atoms with Crippen LogP contribution in [-0.4, -0.2) is 6.04 Å². The quantitative estimate of drug-likeness (QED) is 0.684. The van der Waals surface area contributed by atoms with Gasteiger partial charge in [0.25, 0.3) is 0 Å². The molecule has 0 saturated heterocycles. The van der Waals surface area contributed by atoms with Gasteiger partial charge in [-0.15, -0.1) is 0 Å². The lowest BCUT2D eigenvalue weighted by Crippen LogP contribution is -2.29. The van der Waals surface area contributed by atoms with Gasteiger partial charge < -0.3 is 5.73 Å². The summed E-state index contributed by atoms with van der Waals surface area (Å²) in [7, 11) is 0. The molecular weight excluding hydrogens is 146 g/mol. The molecule has 0 radical (unpaired) electrons. The highest BCUT2D eigenvalue weighted by Gasteiger charge is 2.48. The number of nitrogens with two attached hydrogens (primary N) is 1. The second-order valence-corrected chi connectivity index (χ2v) is 5.17. The Bertz CT molecular complexity index is 166. The SMILES string of the molecule is CC(CC1(C(C)N)CC1)C1CC1. The van der Waals surface area contributed by atoms with E-state index < -0.39 is 0 Å². The van der Waals surface area contributed by atoms with E-state index >= 15 is 0 Å². The van der Waals surface area contributed by atoms with Crippen LogP contribution in [0.5, 0.6) is 0 Å². The summed E-state index contributed by atoms with van der Waals surface area (Å²) in [5.74, 6) is 2.00. The number of hydrogen-bond donors (Lipinski definition) is 1. The van der Waals surface area contributed by atoms with E-state index in [2.05, 4.69) is 13.8 Å². The largest absolute Gasteiger partial charge is 0.327 e. The average molecular weight is 167 g/mol. The lowest BCUT2D eigenvalue weighted by atomic mass is 9.85. The zero-order chi connectivity index (χ0) is 8.77. The van der Waals surface area contributed by atoms with E-state index in [1.54, 1.807) is 0 Å². The molecule has 0 aromatic carbocycles. The summed E-state index contributed by atoms with van der Waals surface area (Å²) in [5, 5.41) is 0. The topological polar surface area (TPSA) is 26.0 Å². The Labute approximate surface area is 75.7 Å². The first-order valence-corrected chi connectivity index (χ1v) is 5.40. The molecule has 0 amide bonds. The summed E-state index contributed by atoms with van der Waals surface area (Å²) in [4.78, 5) is 0. The van der Waals surface area contributed by atoms with E-state index in [-0.39, 0.29) is 0 Å². The number of rotatable bonds is 4. The van der Waals surface area contributed by atoms with Crippen molar-refractivity contribution in [2.75, 3.05) is 0 Å². The third-order valence-electron chi connectivity index (χ3n) is 4.01. The Balaban J connectivity index is 1.84. The Hall–Kier alpha value is -0.0400. The monoisotopic (exact) mass is 167 g/mol. The van der Waals surface area contributed by atoms with Crippen molar-refractivity contribution in [1.82, 2.24) is 0 Å². The van der Waals surface area contributed by atoms with Crippen LogP contribution in [0.1, 0.15) is 46.0 Å². The summed E-state index contributed by atoms with van der Waals surface area (Å²) >= 11 is 0. The lowest BCUT2D eigenvalue weighted by Gasteiger charge is -2.23. The molecule has 2 aliphatic rings. The predicted octanol–water partition coefficient (Wildman–Crippen LogP) is 2.55. The van der Waals surface area contributed by atoms with Gasteiger partial charge in [-0.3, -0.25) is 0 Å². The fraction of sp³-hybridized carbons (Fsp3) is 1.00. The Kier molecular flexibility index (Phi) is 1.95. The highest BCUT2D eigenvalue weighted by atomic mass is 14.7. The molecule has 2 fully saturated rings. The van der Waals surface area contributed by atoms with Gasteiger partial charge in [-0.25, -0.2) is 0 Å².